The summed E-state index contributed by atoms with van der Waals surface area (Å²) < 4.78 is 10.3. The highest BCUT2D eigenvalue weighted by Crippen LogP contribution is 2.17. The summed E-state index contributed by atoms with van der Waals surface area (Å²) in [7, 11) is 0. The SMILES string of the molecule is CCOC(=O)c1ccccc1NC(=O)Cc1oc(C)nc1C. The van der Waals surface area contributed by atoms with Crippen LogP contribution < -0.4 is 5.32 Å². The Morgan fingerprint density at radius 1 is 1.27 bits per heavy atom. The molecule has 1 amide bonds. The molecular formula is C16H18N2O4. The molecule has 1 aromatic carbocycles. The van der Waals surface area contributed by atoms with Gasteiger partial charge in [-0.1, -0.05) is 12.1 Å². The third-order valence-electron chi connectivity index (χ3n) is 3.02. The maximum atomic E-state index is 12.1. The molecule has 0 fully saturated rings. The van der Waals surface area contributed by atoms with Crippen LogP contribution in [0.5, 0.6) is 0 Å². The molecule has 6 nitrogen and oxygen atoms in total. The molecule has 116 valence electrons. The van der Waals surface area contributed by atoms with Gasteiger partial charge in [-0.25, -0.2) is 9.78 Å². The van der Waals surface area contributed by atoms with Crippen LogP contribution >= 0.6 is 0 Å². The first kappa shape index (κ1) is 15.8. The molecule has 0 bridgehead atoms. The van der Waals surface area contributed by atoms with E-state index in [0.29, 0.717) is 28.6 Å². The van der Waals surface area contributed by atoms with E-state index in [4.69, 9.17) is 9.15 Å². The van der Waals surface area contributed by atoms with E-state index >= 15 is 0 Å². The van der Waals surface area contributed by atoms with Crippen LogP contribution in [0.1, 0.15) is 34.6 Å². The zero-order valence-corrected chi connectivity index (χ0v) is 12.8. The average Bonchev–Trinajstić information content (AvgIpc) is 2.77. The lowest BCUT2D eigenvalue weighted by Gasteiger charge is -2.09. The molecule has 0 saturated heterocycles. The largest absolute Gasteiger partial charge is 0.462 e. The van der Waals surface area contributed by atoms with Gasteiger partial charge in [-0.05, 0) is 26.0 Å². The van der Waals surface area contributed by atoms with Crippen molar-refractivity contribution < 1.29 is 18.7 Å². The summed E-state index contributed by atoms with van der Waals surface area (Å²) in [4.78, 5) is 28.1. The minimum absolute atomic E-state index is 0.0594. The predicted molar refractivity (Wildman–Crippen MR) is 80.7 cm³/mol. The average molecular weight is 302 g/mol. The number of aryl methyl sites for hydroxylation is 2. The van der Waals surface area contributed by atoms with E-state index in [1.54, 1.807) is 45.0 Å². The number of para-hydroxylation sites is 1. The van der Waals surface area contributed by atoms with Gasteiger partial charge in [0.2, 0.25) is 5.91 Å². The number of anilines is 1. The van der Waals surface area contributed by atoms with Gasteiger partial charge in [0.25, 0.3) is 0 Å². The molecule has 22 heavy (non-hydrogen) atoms. The zero-order chi connectivity index (χ0) is 16.1. The first-order chi connectivity index (χ1) is 10.5. The molecule has 1 aromatic heterocycles. The Morgan fingerprint density at radius 3 is 2.64 bits per heavy atom. The lowest BCUT2D eigenvalue weighted by Crippen LogP contribution is -2.17. The summed E-state index contributed by atoms with van der Waals surface area (Å²) >= 11 is 0. The Labute approximate surface area is 128 Å². The number of esters is 1. The molecule has 0 aliphatic carbocycles. The van der Waals surface area contributed by atoms with Gasteiger partial charge in [-0.15, -0.1) is 0 Å². The van der Waals surface area contributed by atoms with Crippen LogP contribution in [-0.4, -0.2) is 23.5 Å². The first-order valence-corrected chi connectivity index (χ1v) is 7.00. The molecule has 0 aliphatic rings. The van der Waals surface area contributed by atoms with Gasteiger partial charge < -0.3 is 14.5 Å². The summed E-state index contributed by atoms with van der Waals surface area (Å²) in [5, 5.41) is 2.71. The lowest BCUT2D eigenvalue weighted by molar-refractivity contribution is -0.115. The van der Waals surface area contributed by atoms with E-state index in [-0.39, 0.29) is 18.9 Å². The Morgan fingerprint density at radius 2 is 2.00 bits per heavy atom. The molecule has 0 radical (unpaired) electrons. The van der Waals surface area contributed by atoms with Crippen molar-refractivity contribution in [2.75, 3.05) is 11.9 Å². The number of aromatic nitrogens is 1. The number of carbonyl (C=O) groups is 2. The van der Waals surface area contributed by atoms with Gasteiger partial charge in [0.15, 0.2) is 5.89 Å². The second-order valence-corrected chi connectivity index (χ2v) is 4.73. The maximum Gasteiger partial charge on any atom is 0.340 e. The lowest BCUT2D eigenvalue weighted by atomic mass is 10.1. The minimum Gasteiger partial charge on any atom is -0.462 e. The molecule has 2 rings (SSSR count). The molecular weight excluding hydrogens is 284 g/mol. The van der Waals surface area contributed by atoms with Crippen molar-refractivity contribution in [1.82, 2.24) is 4.98 Å². The number of hydrogen-bond donors (Lipinski definition) is 1. The number of nitrogens with one attached hydrogen (secondary N) is 1. The van der Waals surface area contributed by atoms with E-state index in [2.05, 4.69) is 10.3 Å². The van der Waals surface area contributed by atoms with Gasteiger partial charge in [0.1, 0.15) is 5.76 Å². The maximum absolute atomic E-state index is 12.1. The van der Waals surface area contributed by atoms with Gasteiger partial charge in [-0.2, -0.15) is 0 Å². The number of oxazole rings is 1. The predicted octanol–water partition coefficient (Wildman–Crippen LogP) is 2.65. The van der Waals surface area contributed by atoms with Crippen molar-refractivity contribution in [3.05, 3.63) is 47.2 Å². The number of carbonyl (C=O) groups excluding carboxylic acids is 2. The standard InChI is InChI=1S/C16H18N2O4/c1-4-21-16(20)12-7-5-6-8-13(12)18-15(19)9-14-10(2)17-11(3)22-14/h5-8H,4,9H2,1-3H3,(H,18,19). The number of ether oxygens (including phenoxy) is 1. The highest BCUT2D eigenvalue weighted by Gasteiger charge is 2.16. The van der Waals surface area contributed by atoms with Crippen LogP contribution in [0.15, 0.2) is 28.7 Å². The van der Waals surface area contributed by atoms with E-state index < -0.39 is 5.97 Å². The highest BCUT2D eigenvalue weighted by molar-refractivity contribution is 6.01. The summed E-state index contributed by atoms with van der Waals surface area (Å²) in [6, 6.07) is 6.72. The number of rotatable bonds is 5. The van der Waals surface area contributed by atoms with Crippen LogP contribution in [0.4, 0.5) is 5.69 Å². The third-order valence-corrected chi connectivity index (χ3v) is 3.02. The number of hydrogen-bond acceptors (Lipinski definition) is 5. The van der Waals surface area contributed by atoms with Gasteiger partial charge >= 0.3 is 5.97 Å². The second kappa shape index (κ2) is 6.89. The number of nitrogens with zero attached hydrogens (tertiary/aromatic N) is 1. The number of amides is 1. The van der Waals surface area contributed by atoms with E-state index in [1.807, 2.05) is 0 Å². The van der Waals surface area contributed by atoms with Crippen LogP contribution in [-0.2, 0) is 16.0 Å². The smallest absolute Gasteiger partial charge is 0.340 e. The van der Waals surface area contributed by atoms with Crippen LogP contribution in [0, 0.1) is 13.8 Å². The fraction of sp³-hybridized carbons (Fsp3) is 0.312. The van der Waals surface area contributed by atoms with Crippen LogP contribution in [0.3, 0.4) is 0 Å². The van der Waals surface area contributed by atoms with Crippen molar-refractivity contribution in [3.63, 3.8) is 0 Å². The topological polar surface area (TPSA) is 81.4 Å². The molecule has 1 N–H and O–H groups in total. The minimum atomic E-state index is -0.468. The molecule has 0 spiro atoms. The fourth-order valence-electron chi connectivity index (χ4n) is 2.06. The van der Waals surface area contributed by atoms with Gasteiger partial charge in [0, 0.05) is 6.92 Å². The molecule has 6 heteroatoms. The molecule has 0 saturated carbocycles. The third kappa shape index (κ3) is 3.72. The summed E-state index contributed by atoms with van der Waals surface area (Å²) in [5.74, 6) is 0.289. The van der Waals surface area contributed by atoms with E-state index in [0.717, 1.165) is 0 Å². The molecule has 2 aromatic rings. The number of benzene rings is 1. The van der Waals surface area contributed by atoms with Crippen molar-refractivity contribution in [1.29, 1.82) is 0 Å². The van der Waals surface area contributed by atoms with Crippen molar-refractivity contribution in [2.45, 2.75) is 27.2 Å². The second-order valence-electron chi connectivity index (χ2n) is 4.73. The summed E-state index contributed by atoms with van der Waals surface area (Å²) in [6.07, 6.45) is 0.0594. The fourth-order valence-corrected chi connectivity index (χ4v) is 2.06. The Kier molecular flexibility index (Phi) is 4.93. The Bertz CT molecular complexity index is 691. The van der Waals surface area contributed by atoms with E-state index in [1.165, 1.54) is 0 Å². The summed E-state index contributed by atoms with van der Waals surface area (Å²) in [6.45, 7) is 5.52. The quantitative estimate of drug-likeness (QED) is 0.859. The van der Waals surface area contributed by atoms with Gasteiger partial charge in [-0.3, -0.25) is 4.79 Å². The van der Waals surface area contributed by atoms with Crippen molar-refractivity contribution >= 4 is 17.6 Å². The van der Waals surface area contributed by atoms with Crippen molar-refractivity contribution in [3.8, 4) is 0 Å². The summed E-state index contributed by atoms with van der Waals surface area (Å²) in [5.41, 5.74) is 1.43. The normalized spacial score (nSPS) is 10.3. The Hall–Kier alpha value is -2.63. The molecule has 1 heterocycles. The zero-order valence-electron chi connectivity index (χ0n) is 12.8. The highest BCUT2D eigenvalue weighted by atomic mass is 16.5. The first-order valence-electron chi connectivity index (χ1n) is 7.00. The molecule has 0 atom stereocenters. The van der Waals surface area contributed by atoms with E-state index in [9.17, 15) is 9.59 Å². The molecule has 0 unspecified atom stereocenters. The monoisotopic (exact) mass is 302 g/mol. The van der Waals surface area contributed by atoms with Crippen LogP contribution in [0.2, 0.25) is 0 Å². The van der Waals surface area contributed by atoms with Crippen LogP contribution in [0.25, 0.3) is 0 Å². The Balaban J connectivity index is 2.12. The van der Waals surface area contributed by atoms with Crippen molar-refractivity contribution in [2.24, 2.45) is 0 Å². The van der Waals surface area contributed by atoms with Gasteiger partial charge in [0.05, 0.1) is 30.0 Å². The molecule has 0 aliphatic heterocycles.